The fourth-order valence-corrected chi connectivity index (χ4v) is 20.5. The number of phosphoric acid groups is 2. The second kappa shape index (κ2) is 71.7. The molecule has 36 heteroatoms. The van der Waals surface area contributed by atoms with Gasteiger partial charge in [0.2, 0.25) is 11.8 Å². The molecule has 18 N–H and O–H groups in total. The van der Waals surface area contributed by atoms with Gasteiger partial charge in [-0.2, -0.15) is 4.31 Å². The largest absolute Gasteiger partial charge is 0.483 e. The lowest BCUT2D eigenvalue weighted by Crippen LogP contribution is -2.70. The van der Waals surface area contributed by atoms with Crippen molar-refractivity contribution < 1.29 is 156 Å². The summed E-state index contributed by atoms with van der Waals surface area (Å²) in [6, 6.07) is -3.86. The zero-order valence-electron chi connectivity index (χ0n) is 92.9. The van der Waals surface area contributed by atoms with E-state index in [0.29, 0.717) is 12.8 Å². The molecule has 0 spiro atoms. The maximum atomic E-state index is 13.6. The zero-order valence-corrected chi connectivity index (χ0v) is 94.7. The lowest BCUT2D eigenvalue weighted by molar-refractivity contribution is -0.383. The van der Waals surface area contributed by atoms with Gasteiger partial charge in [-0.05, 0) is 316 Å². The summed E-state index contributed by atoms with van der Waals surface area (Å²) in [6.07, 6.45) is 22.3. The molecule has 5 aliphatic rings. The van der Waals surface area contributed by atoms with Crippen LogP contribution in [-0.4, -0.2) is 286 Å². The molecular formula is C114H190N2O32P2. The summed E-state index contributed by atoms with van der Waals surface area (Å²) in [5.41, 5.74) is 21.7. The van der Waals surface area contributed by atoms with Crippen LogP contribution in [0.5, 0.6) is 0 Å². The third kappa shape index (κ3) is 51.4. The molecule has 3 unspecified atom stereocenters. The van der Waals surface area contributed by atoms with Crippen molar-refractivity contribution in [2.75, 3.05) is 39.6 Å². The number of aliphatic hydroxyl groups is 14. The average molecular weight is 2160 g/mol. The molecule has 0 bridgehead atoms. The van der Waals surface area contributed by atoms with E-state index in [9.17, 15) is 100.0 Å². The lowest BCUT2D eigenvalue weighted by atomic mass is 9.94. The maximum absolute atomic E-state index is 13.6. The predicted molar refractivity (Wildman–Crippen MR) is 580 cm³/mol. The highest BCUT2D eigenvalue weighted by atomic mass is 31.3. The number of allylic oxidation sites excluding steroid dienone is 30. The van der Waals surface area contributed by atoms with E-state index in [1.54, 1.807) is 0 Å². The second-order valence-electron chi connectivity index (χ2n) is 42.4. The fraction of sp³-hybridized carbons (Fsp3) is 0.719. The Morgan fingerprint density at radius 1 is 0.287 bits per heavy atom. The molecule has 5 aliphatic heterocycles. The van der Waals surface area contributed by atoms with Crippen LogP contribution < -0.4 is 10.6 Å². The van der Waals surface area contributed by atoms with Crippen LogP contribution in [0.4, 0.5) is 0 Å². The van der Waals surface area contributed by atoms with E-state index < -0.39 is 221 Å². The van der Waals surface area contributed by atoms with Crippen molar-refractivity contribution in [2.24, 2.45) is 5.92 Å². The molecule has 0 aromatic carbocycles. The minimum absolute atomic E-state index is 0.0537. The number of aliphatic hydroxyl groups excluding tert-OH is 14. The number of hydrogen-bond donors (Lipinski definition) is 18. The minimum Gasteiger partial charge on any atom is -0.394 e. The van der Waals surface area contributed by atoms with Gasteiger partial charge in [-0.3, -0.25) is 18.6 Å². The SMILES string of the molecule is CC(=O)N[C@H]1[C@H](O[C@H]2[C@H](O)[C@@H](NC(C)=O)[C@H](OP(=O)(O)OP(=O)(O)OCCC(C)CCC=C(C)CCC=C(C)CCC=C(C)CCC=C(C)CCC=C(C)CCC=C(C)CCC=C(C)CCC=C(C)CCC=C(C)CCC=C(C)CCC=C(C)CCC=C(C)CCC=C(C)CCC=C(C)CCC=C(C)C)O[C@@H]2CO)O[C@H](CO)[C@@H](O[C@@H]2O[C@H](CO[C@H]3O[C@H](CO)[C@@H](O)[C@H](O)[C@@H]3O)[C@@H](O)[C@H](O[C@H]3O[C@H](CO)[C@@H](O)[C@H](O)[C@@H]3O)[C@@H]2O)[C@@H]1O. The first kappa shape index (κ1) is 135. The molecule has 0 aromatic heterocycles. The van der Waals surface area contributed by atoms with Crippen LogP contribution in [0.15, 0.2) is 175 Å². The topological polar surface area (TPSA) is 527 Å². The van der Waals surface area contributed by atoms with E-state index in [2.05, 4.69) is 217 Å². The first-order valence-corrected chi connectivity index (χ1v) is 57.1. The van der Waals surface area contributed by atoms with Crippen LogP contribution in [0.2, 0.25) is 0 Å². The predicted octanol–water partition coefficient (Wildman–Crippen LogP) is 16.6. The third-order valence-electron chi connectivity index (χ3n) is 28.0. The molecular weight excluding hydrogens is 1970 g/mol. The summed E-state index contributed by atoms with van der Waals surface area (Å²) in [6.45, 7) is 34.3. The first-order valence-electron chi connectivity index (χ1n) is 54.2. The van der Waals surface area contributed by atoms with E-state index in [-0.39, 0.29) is 12.3 Å². The molecule has 0 radical (unpaired) electrons. The molecule has 5 saturated heterocycles. The van der Waals surface area contributed by atoms with Crippen molar-refractivity contribution >= 4 is 27.5 Å². The van der Waals surface area contributed by atoms with E-state index in [1.165, 1.54) is 90.0 Å². The van der Waals surface area contributed by atoms with Crippen LogP contribution in [-0.2, 0) is 74.7 Å². The Balaban J connectivity index is 0.955. The first-order chi connectivity index (χ1) is 71.0. The van der Waals surface area contributed by atoms with E-state index in [4.69, 9.17) is 51.7 Å². The van der Waals surface area contributed by atoms with Gasteiger partial charge in [-0.25, -0.2) is 9.13 Å². The summed E-state index contributed by atoms with van der Waals surface area (Å²) >= 11 is 0. The van der Waals surface area contributed by atoms with Crippen molar-refractivity contribution in [1.82, 2.24) is 10.6 Å². The number of carbonyl (C=O) groups is 2. The van der Waals surface area contributed by atoms with Gasteiger partial charge in [-0.15, -0.1) is 0 Å². The summed E-state index contributed by atoms with van der Waals surface area (Å²) < 4.78 is 93.7. The van der Waals surface area contributed by atoms with Gasteiger partial charge in [0.1, 0.15) is 122 Å². The Hall–Kier alpha value is -5.62. The van der Waals surface area contributed by atoms with Crippen molar-refractivity contribution in [2.45, 2.75) is 484 Å². The monoisotopic (exact) mass is 2160 g/mol. The highest BCUT2D eigenvalue weighted by Crippen LogP contribution is 2.62. The smallest absolute Gasteiger partial charge is 0.394 e. The Morgan fingerprint density at radius 3 is 0.860 bits per heavy atom. The van der Waals surface area contributed by atoms with Gasteiger partial charge >= 0.3 is 15.6 Å². The number of hydrogen-bond acceptors (Lipinski definition) is 30. The van der Waals surface area contributed by atoms with Crippen molar-refractivity contribution in [1.29, 1.82) is 0 Å². The zero-order chi connectivity index (χ0) is 111. The summed E-state index contributed by atoms with van der Waals surface area (Å²) in [5.74, 6) is -1.89. The van der Waals surface area contributed by atoms with E-state index >= 15 is 0 Å². The highest BCUT2D eigenvalue weighted by molar-refractivity contribution is 7.61. The Bertz CT molecular complexity index is 4590. The van der Waals surface area contributed by atoms with Gasteiger partial charge in [0.05, 0.1) is 39.6 Å². The fourth-order valence-electron chi connectivity index (χ4n) is 18.4. The summed E-state index contributed by atoms with van der Waals surface area (Å²) in [5, 5.41) is 157. The molecule has 5 heterocycles. The van der Waals surface area contributed by atoms with Crippen molar-refractivity contribution in [3.63, 3.8) is 0 Å². The standard InChI is InChI=1S/C114H190N2O32P2/c1-72(2)35-20-36-73(3)37-21-38-74(4)39-22-40-75(5)41-23-42-76(6)43-24-44-77(7)45-25-46-78(8)47-26-48-79(9)49-27-50-80(10)51-28-52-81(11)53-29-54-82(12)55-30-56-83(13)57-31-58-84(14)59-32-60-85(15)61-33-62-86(16)63-34-64-87(17)65-66-138-149(133,134)148-150(135,136)147-111-96(116-89(19)122)101(127)107(93(70-120)142-111)144-110-95(115-88(18)121)100(126)108(92(69-119)141-110)145-114-106(132)109(146-113-105(131)103(129)98(124)91(68-118)140-113)99(125)94(143-114)71-137-112-104(130)102(128)97(123)90(67-117)139-112/h35,37,39,41,43,45,47,49,51,53,55,57,59,61,63,87,90-114,117-120,123-132H,20-34,36,38,40,42,44,46,48,50,52,54,56,58,60,62,64-71H2,1-19H3,(H,115,121)(H,116,122)(H,133,134)(H,135,136)/t87?,90-,91-,92-,93-,94-,95-,96-,97-,98-,99-,100-,101-,102+,103+,104+,105+,106+,107-,108-,109+,110+,111+,112+,113-,114+/m1/s1. The number of phosphoric ester groups is 2. The summed E-state index contributed by atoms with van der Waals surface area (Å²) in [4.78, 5) is 47.2. The van der Waals surface area contributed by atoms with Gasteiger partial charge < -0.3 is 135 Å². The van der Waals surface area contributed by atoms with Crippen molar-refractivity contribution in [3.05, 3.63) is 175 Å². The number of rotatable bonds is 68. The average Bonchev–Trinajstić information content (AvgIpc) is 0.763. The van der Waals surface area contributed by atoms with Gasteiger partial charge in [0.25, 0.3) is 0 Å². The number of amides is 2. The number of nitrogens with one attached hydrogen (secondary N) is 2. The minimum atomic E-state index is -5.82. The molecule has 0 saturated carbocycles. The molecule has 34 nitrogen and oxygen atoms in total. The lowest BCUT2D eigenvalue weighted by Gasteiger charge is -2.50. The molecule has 150 heavy (non-hydrogen) atoms. The molecule has 5 fully saturated rings. The Labute approximate surface area is 893 Å². The molecule has 0 aromatic rings. The molecule has 2 amide bonds. The van der Waals surface area contributed by atoms with E-state index in [1.807, 2.05) is 6.92 Å². The molecule has 0 aliphatic carbocycles. The third-order valence-corrected chi connectivity index (χ3v) is 30.7. The van der Waals surface area contributed by atoms with Crippen LogP contribution in [0.3, 0.4) is 0 Å². The Kier molecular flexibility index (Phi) is 64.4. The van der Waals surface area contributed by atoms with Gasteiger partial charge in [0.15, 0.2) is 31.5 Å². The van der Waals surface area contributed by atoms with Gasteiger partial charge in [0, 0.05) is 13.8 Å². The number of carbonyl (C=O) groups excluding carboxylic acids is 2. The molecule has 28 atom stereocenters. The quantitative estimate of drug-likeness (QED) is 0.0199. The second-order valence-corrected chi connectivity index (χ2v) is 45.4. The Morgan fingerprint density at radius 2 is 0.547 bits per heavy atom. The van der Waals surface area contributed by atoms with Crippen LogP contribution in [0.1, 0.15) is 331 Å². The summed E-state index contributed by atoms with van der Waals surface area (Å²) in [7, 11) is -11.3. The van der Waals surface area contributed by atoms with Crippen LogP contribution >= 0.6 is 15.6 Å². The van der Waals surface area contributed by atoms with Gasteiger partial charge in [-0.1, -0.05) is 182 Å². The van der Waals surface area contributed by atoms with Crippen molar-refractivity contribution in [3.8, 4) is 0 Å². The maximum Gasteiger partial charge on any atom is 0.483 e. The highest BCUT2D eigenvalue weighted by Gasteiger charge is 2.58. The van der Waals surface area contributed by atoms with Crippen LogP contribution in [0.25, 0.3) is 0 Å². The van der Waals surface area contributed by atoms with E-state index in [0.717, 1.165) is 187 Å². The molecule has 858 valence electrons. The van der Waals surface area contributed by atoms with Crippen LogP contribution in [0, 0.1) is 5.92 Å². The normalized spacial score (nSPS) is 30.1. The molecule has 5 rings (SSSR count). The number of ether oxygens (including phenoxy) is 9.